The van der Waals surface area contributed by atoms with Crippen LogP contribution in [-0.4, -0.2) is 4.98 Å². The molecule has 5 heteroatoms. The van der Waals surface area contributed by atoms with Gasteiger partial charge in [-0.3, -0.25) is 0 Å². The summed E-state index contributed by atoms with van der Waals surface area (Å²) < 4.78 is 24.9. The lowest BCUT2D eigenvalue weighted by molar-refractivity contribution is 0.150. The lowest BCUT2D eigenvalue weighted by Crippen LogP contribution is -1.98. The summed E-state index contributed by atoms with van der Waals surface area (Å²) in [5.74, 6) is 0.0998. The van der Waals surface area contributed by atoms with Gasteiger partial charge in [0.05, 0.1) is 0 Å². The van der Waals surface area contributed by atoms with Crippen molar-refractivity contribution < 1.29 is 8.78 Å². The Kier molecular flexibility index (Phi) is 2.62. The number of rotatable bonds is 1. The average Bonchev–Trinajstić information content (AvgIpc) is 1.96. The van der Waals surface area contributed by atoms with Gasteiger partial charge in [-0.05, 0) is 34.5 Å². The molecule has 0 saturated carbocycles. The van der Waals surface area contributed by atoms with Crippen molar-refractivity contribution in [1.82, 2.24) is 4.98 Å². The van der Waals surface area contributed by atoms with Crippen LogP contribution < -0.4 is 5.73 Å². The maximum absolute atomic E-state index is 12.3. The molecule has 0 aliphatic carbocycles. The number of hydrogen-bond acceptors (Lipinski definition) is 2. The van der Waals surface area contributed by atoms with Crippen molar-refractivity contribution in [3.05, 3.63) is 21.8 Å². The summed E-state index contributed by atoms with van der Waals surface area (Å²) in [5, 5.41) is 0. The Bertz CT molecular complexity index is 302. The van der Waals surface area contributed by atoms with Crippen LogP contribution in [0.15, 0.2) is 10.7 Å². The zero-order valence-electron chi connectivity index (χ0n) is 6.31. The molecule has 0 aromatic carbocycles. The fraction of sp³-hybridized carbons (Fsp3) is 0.286. The largest absolute Gasteiger partial charge is 0.384 e. The van der Waals surface area contributed by atoms with Crippen LogP contribution in [0, 0.1) is 6.92 Å². The van der Waals surface area contributed by atoms with Gasteiger partial charge < -0.3 is 5.73 Å². The molecule has 66 valence electrons. The molecule has 0 atom stereocenters. The van der Waals surface area contributed by atoms with E-state index < -0.39 is 6.43 Å². The molecule has 1 rings (SSSR count). The Morgan fingerprint density at radius 1 is 1.58 bits per heavy atom. The highest BCUT2D eigenvalue weighted by Gasteiger charge is 2.13. The number of halogens is 3. The highest BCUT2D eigenvalue weighted by Crippen LogP contribution is 2.27. The van der Waals surface area contributed by atoms with E-state index in [0.29, 0.717) is 10.2 Å². The van der Waals surface area contributed by atoms with E-state index in [-0.39, 0.29) is 11.4 Å². The van der Waals surface area contributed by atoms with Crippen molar-refractivity contribution in [1.29, 1.82) is 0 Å². The molecular formula is C7H7BrF2N2. The smallest absolute Gasteiger partial charge is 0.264 e. The summed E-state index contributed by atoms with van der Waals surface area (Å²) in [6.45, 7) is 1.57. The molecular weight excluding hydrogens is 230 g/mol. The summed E-state index contributed by atoms with van der Waals surface area (Å²) in [7, 11) is 0. The Morgan fingerprint density at radius 3 is 2.67 bits per heavy atom. The Balaban J connectivity index is 3.28. The van der Waals surface area contributed by atoms with E-state index in [1.165, 1.54) is 6.07 Å². The number of aromatic nitrogens is 1. The molecule has 0 radical (unpaired) electrons. The third-order valence-corrected chi connectivity index (χ3v) is 2.28. The zero-order valence-corrected chi connectivity index (χ0v) is 7.90. The second-order valence-corrected chi connectivity index (χ2v) is 3.10. The van der Waals surface area contributed by atoms with Crippen LogP contribution in [0.25, 0.3) is 0 Å². The van der Waals surface area contributed by atoms with Gasteiger partial charge in [0.25, 0.3) is 6.43 Å². The molecule has 1 aromatic rings. The third kappa shape index (κ3) is 1.72. The first-order valence-corrected chi connectivity index (χ1v) is 4.02. The Hall–Kier alpha value is -0.710. The lowest BCUT2D eigenvalue weighted by atomic mass is 10.1. The van der Waals surface area contributed by atoms with Gasteiger partial charge in [-0.1, -0.05) is 0 Å². The predicted molar refractivity (Wildman–Crippen MR) is 46.0 cm³/mol. The van der Waals surface area contributed by atoms with Crippen molar-refractivity contribution in [3.8, 4) is 0 Å². The topological polar surface area (TPSA) is 38.9 Å². The first-order valence-electron chi connectivity index (χ1n) is 3.23. The van der Waals surface area contributed by atoms with E-state index in [9.17, 15) is 8.78 Å². The fourth-order valence-electron chi connectivity index (χ4n) is 0.843. The molecule has 12 heavy (non-hydrogen) atoms. The highest BCUT2D eigenvalue weighted by molar-refractivity contribution is 9.10. The molecule has 0 spiro atoms. The molecule has 0 unspecified atom stereocenters. The normalized spacial score (nSPS) is 10.8. The Labute approximate surface area is 76.9 Å². The van der Waals surface area contributed by atoms with Crippen LogP contribution in [0.4, 0.5) is 14.6 Å². The molecule has 0 amide bonds. The number of nitrogen functional groups attached to an aromatic ring is 1. The SMILES string of the molecule is Cc1c(C(F)F)cc(N)nc1Br. The van der Waals surface area contributed by atoms with E-state index in [4.69, 9.17) is 5.73 Å². The number of anilines is 1. The summed E-state index contributed by atoms with van der Waals surface area (Å²) >= 11 is 3.04. The molecule has 0 aliphatic heterocycles. The van der Waals surface area contributed by atoms with Crippen LogP contribution in [-0.2, 0) is 0 Å². The van der Waals surface area contributed by atoms with Gasteiger partial charge in [-0.2, -0.15) is 0 Å². The average molecular weight is 237 g/mol. The highest BCUT2D eigenvalue weighted by atomic mass is 79.9. The van der Waals surface area contributed by atoms with Gasteiger partial charge in [-0.25, -0.2) is 13.8 Å². The van der Waals surface area contributed by atoms with Gasteiger partial charge in [-0.15, -0.1) is 0 Å². The van der Waals surface area contributed by atoms with Crippen molar-refractivity contribution in [2.75, 3.05) is 5.73 Å². The van der Waals surface area contributed by atoms with Crippen LogP contribution in [0.5, 0.6) is 0 Å². The van der Waals surface area contributed by atoms with Gasteiger partial charge >= 0.3 is 0 Å². The van der Waals surface area contributed by atoms with Gasteiger partial charge in [0.15, 0.2) is 0 Å². The van der Waals surface area contributed by atoms with Crippen LogP contribution in [0.1, 0.15) is 17.6 Å². The molecule has 2 nitrogen and oxygen atoms in total. The monoisotopic (exact) mass is 236 g/mol. The maximum atomic E-state index is 12.3. The quantitative estimate of drug-likeness (QED) is 0.762. The molecule has 0 saturated heterocycles. The Morgan fingerprint density at radius 2 is 2.17 bits per heavy atom. The molecule has 1 aromatic heterocycles. The van der Waals surface area contributed by atoms with Crippen molar-refractivity contribution >= 4 is 21.7 Å². The van der Waals surface area contributed by atoms with Crippen LogP contribution in [0.3, 0.4) is 0 Å². The summed E-state index contributed by atoms with van der Waals surface area (Å²) in [4.78, 5) is 3.78. The number of alkyl halides is 2. The van der Waals surface area contributed by atoms with Gasteiger partial charge in [0, 0.05) is 5.56 Å². The second-order valence-electron chi connectivity index (χ2n) is 2.35. The lowest BCUT2D eigenvalue weighted by Gasteiger charge is -2.06. The van der Waals surface area contributed by atoms with E-state index in [1.54, 1.807) is 6.92 Å². The molecule has 0 fully saturated rings. The summed E-state index contributed by atoms with van der Waals surface area (Å²) in [6, 6.07) is 1.19. The predicted octanol–water partition coefficient (Wildman–Crippen LogP) is 2.67. The number of pyridine rings is 1. The van der Waals surface area contributed by atoms with E-state index in [1.807, 2.05) is 0 Å². The van der Waals surface area contributed by atoms with Gasteiger partial charge in [0.1, 0.15) is 10.4 Å². The first-order chi connectivity index (χ1) is 5.52. The summed E-state index contributed by atoms with van der Waals surface area (Å²) in [6.07, 6.45) is -2.51. The number of hydrogen-bond donors (Lipinski definition) is 1. The van der Waals surface area contributed by atoms with E-state index >= 15 is 0 Å². The van der Waals surface area contributed by atoms with Crippen molar-refractivity contribution in [2.24, 2.45) is 0 Å². The molecule has 0 bridgehead atoms. The zero-order chi connectivity index (χ0) is 9.30. The second kappa shape index (κ2) is 3.35. The van der Waals surface area contributed by atoms with E-state index in [0.717, 1.165) is 0 Å². The molecule has 1 heterocycles. The minimum Gasteiger partial charge on any atom is -0.384 e. The minimum atomic E-state index is -2.51. The third-order valence-electron chi connectivity index (χ3n) is 1.51. The minimum absolute atomic E-state index is 0.0747. The number of nitrogens with two attached hydrogens (primary N) is 1. The maximum Gasteiger partial charge on any atom is 0.264 e. The molecule has 0 aliphatic rings. The number of nitrogens with zero attached hydrogens (tertiary/aromatic N) is 1. The van der Waals surface area contributed by atoms with Crippen LogP contribution in [0.2, 0.25) is 0 Å². The van der Waals surface area contributed by atoms with Crippen molar-refractivity contribution in [2.45, 2.75) is 13.3 Å². The van der Waals surface area contributed by atoms with Crippen LogP contribution >= 0.6 is 15.9 Å². The first kappa shape index (κ1) is 9.38. The standard InChI is InChI=1S/C7H7BrF2N2/c1-3-4(7(9)10)2-5(11)12-6(3)8/h2,7H,1H3,(H2,11,12). The molecule has 2 N–H and O–H groups in total. The summed E-state index contributed by atoms with van der Waals surface area (Å²) in [5.41, 5.74) is 5.65. The van der Waals surface area contributed by atoms with Crippen molar-refractivity contribution in [3.63, 3.8) is 0 Å². The van der Waals surface area contributed by atoms with E-state index in [2.05, 4.69) is 20.9 Å². The fourth-order valence-corrected chi connectivity index (χ4v) is 1.28. The van der Waals surface area contributed by atoms with Gasteiger partial charge in [0.2, 0.25) is 0 Å².